The Hall–Kier alpha value is -2.10. The van der Waals surface area contributed by atoms with E-state index in [0.717, 1.165) is 16.9 Å². The average molecular weight is 671 g/mol. The third kappa shape index (κ3) is 5.73. The van der Waals surface area contributed by atoms with Gasteiger partial charge >= 0.3 is 0 Å². The molecule has 0 atom stereocenters. The van der Waals surface area contributed by atoms with Gasteiger partial charge in [-0.3, -0.25) is 9.69 Å². The lowest BCUT2D eigenvalue weighted by molar-refractivity contribution is -0.114. The Labute approximate surface area is 241 Å². The van der Waals surface area contributed by atoms with Crippen LogP contribution in [0.2, 0.25) is 10.0 Å². The van der Waals surface area contributed by atoms with Gasteiger partial charge in [0, 0.05) is 22.7 Å². The lowest BCUT2D eigenvalue weighted by atomic mass is 10.1. The maximum absolute atomic E-state index is 13.3. The summed E-state index contributed by atoms with van der Waals surface area (Å²) in [6, 6.07) is 16.3. The number of anilines is 1. The van der Waals surface area contributed by atoms with Gasteiger partial charge in [0.25, 0.3) is 5.91 Å². The molecule has 5 nitrogen and oxygen atoms in total. The molecule has 186 valence electrons. The fraction of sp³-hybridized carbons (Fsp3) is 0.154. The molecule has 4 rings (SSSR count). The fourth-order valence-electron chi connectivity index (χ4n) is 3.59. The van der Waals surface area contributed by atoms with Crippen molar-refractivity contribution in [1.29, 1.82) is 0 Å². The highest BCUT2D eigenvalue weighted by atomic mass is 79.9. The number of carbonyl (C=O) groups is 1. The second kappa shape index (κ2) is 11.5. The number of rotatable bonds is 7. The van der Waals surface area contributed by atoms with Crippen molar-refractivity contribution in [2.45, 2.75) is 13.5 Å². The van der Waals surface area contributed by atoms with Crippen molar-refractivity contribution >= 4 is 90.1 Å². The fourth-order valence-corrected chi connectivity index (χ4v) is 5.79. The third-order valence-electron chi connectivity index (χ3n) is 5.38. The summed E-state index contributed by atoms with van der Waals surface area (Å²) in [6.45, 7) is 2.75. The van der Waals surface area contributed by atoms with E-state index in [-0.39, 0.29) is 12.5 Å². The number of ether oxygens (including phenoxy) is 2. The first kappa shape index (κ1) is 26.9. The summed E-state index contributed by atoms with van der Waals surface area (Å²) in [5.41, 5.74) is 2.73. The average Bonchev–Trinajstić information content (AvgIpc) is 3.03. The third-order valence-corrected chi connectivity index (χ3v) is 7.60. The largest absolute Gasteiger partial charge is 0.494 e. The molecule has 1 heterocycles. The predicted molar refractivity (Wildman–Crippen MR) is 156 cm³/mol. The van der Waals surface area contributed by atoms with E-state index in [0.29, 0.717) is 47.8 Å². The van der Waals surface area contributed by atoms with Gasteiger partial charge in [0.2, 0.25) is 0 Å². The minimum Gasteiger partial charge on any atom is -0.494 e. The highest BCUT2D eigenvalue weighted by molar-refractivity contribution is 9.11. The molecule has 0 unspecified atom stereocenters. The van der Waals surface area contributed by atoms with Crippen LogP contribution in [-0.2, 0) is 11.4 Å². The number of amides is 1. The van der Waals surface area contributed by atoms with E-state index >= 15 is 0 Å². The molecule has 1 amide bonds. The van der Waals surface area contributed by atoms with Gasteiger partial charge in [-0.25, -0.2) is 0 Å². The summed E-state index contributed by atoms with van der Waals surface area (Å²) in [6.07, 6.45) is 1.79. The Kier molecular flexibility index (Phi) is 8.63. The molecule has 36 heavy (non-hydrogen) atoms. The zero-order chi connectivity index (χ0) is 26.0. The lowest BCUT2D eigenvalue weighted by Crippen LogP contribution is -2.31. The monoisotopic (exact) mass is 668 g/mol. The summed E-state index contributed by atoms with van der Waals surface area (Å²) < 4.78 is 12.9. The summed E-state index contributed by atoms with van der Waals surface area (Å²) in [7, 11) is 1.78. The first-order valence-corrected chi connectivity index (χ1v) is 13.6. The number of halogens is 4. The predicted octanol–water partition coefficient (Wildman–Crippen LogP) is 8.10. The van der Waals surface area contributed by atoms with Crippen LogP contribution in [0.1, 0.15) is 18.1 Å². The van der Waals surface area contributed by atoms with Crippen molar-refractivity contribution in [2.75, 3.05) is 18.6 Å². The summed E-state index contributed by atoms with van der Waals surface area (Å²) in [5.74, 6) is 1.13. The van der Waals surface area contributed by atoms with E-state index in [1.807, 2.05) is 49.4 Å². The van der Waals surface area contributed by atoms with Gasteiger partial charge in [0.15, 0.2) is 5.11 Å². The van der Waals surface area contributed by atoms with E-state index < -0.39 is 0 Å². The number of carbonyl (C=O) groups excluding carboxylic acids is 1. The van der Waals surface area contributed by atoms with Crippen molar-refractivity contribution in [3.8, 4) is 11.5 Å². The molecule has 1 fully saturated rings. The van der Waals surface area contributed by atoms with Crippen LogP contribution in [0.3, 0.4) is 0 Å². The minimum absolute atomic E-state index is 0.211. The number of hydrogen-bond donors (Lipinski definition) is 0. The van der Waals surface area contributed by atoms with Crippen LogP contribution in [0.25, 0.3) is 6.08 Å². The molecule has 1 aliphatic heterocycles. The Balaban J connectivity index is 1.56. The number of thiocarbonyl (C=S) groups is 1. The topological polar surface area (TPSA) is 42.0 Å². The summed E-state index contributed by atoms with van der Waals surface area (Å²) in [5, 5.41) is 1.50. The molecule has 0 aromatic heterocycles. The van der Waals surface area contributed by atoms with E-state index in [4.69, 9.17) is 44.9 Å². The van der Waals surface area contributed by atoms with Crippen LogP contribution < -0.4 is 14.4 Å². The molecular formula is C26H20Br2Cl2N2O3S. The van der Waals surface area contributed by atoms with Crippen LogP contribution >= 0.6 is 67.3 Å². The van der Waals surface area contributed by atoms with Crippen LogP contribution in [-0.4, -0.2) is 29.6 Å². The number of benzene rings is 3. The smallest absolute Gasteiger partial charge is 0.281 e. The SMILES string of the molecule is CCOc1ccc(N2C(=O)/C(=C/c3cc(Br)c(OCc4ccc(Cl)cc4Cl)c(Br)c3)N(C)C2=S)cc1. The molecule has 1 saturated heterocycles. The van der Waals surface area contributed by atoms with Crippen LogP contribution in [0.5, 0.6) is 11.5 Å². The Morgan fingerprint density at radius 1 is 1.00 bits per heavy atom. The van der Waals surface area contributed by atoms with Gasteiger partial charge in [0.1, 0.15) is 23.8 Å². The molecular weight excluding hydrogens is 651 g/mol. The molecule has 0 N–H and O–H groups in total. The van der Waals surface area contributed by atoms with Crippen LogP contribution in [0, 0.1) is 0 Å². The van der Waals surface area contributed by atoms with Gasteiger partial charge in [-0.05, 0) is 111 Å². The van der Waals surface area contributed by atoms with Gasteiger partial charge in [-0.2, -0.15) is 0 Å². The normalized spacial score (nSPS) is 14.7. The minimum atomic E-state index is -0.211. The highest BCUT2D eigenvalue weighted by Crippen LogP contribution is 2.37. The van der Waals surface area contributed by atoms with Crippen LogP contribution in [0.15, 0.2) is 69.2 Å². The number of hydrogen-bond acceptors (Lipinski definition) is 4. The van der Waals surface area contributed by atoms with E-state index in [1.54, 1.807) is 30.2 Å². The molecule has 0 saturated carbocycles. The van der Waals surface area contributed by atoms with Crippen molar-refractivity contribution in [3.05, 3.63) is 90.4 Å². The van der Waals surface area contributed by atoms with E-state index in [1.165, 1.54) is 4.90 Å². The molecule has 3 aromatic rings. The van der Waals surface area contributed by atoms with E-state index in [2.05, 4.69) is 31.9 Å². The van der Waals surface area contributed by atoms with Crippen molar-refractivity contribution in [3.63, 3.8) is 0 Å². The van der Waals surface area contributed by atoms with Crippen LogP contribution in [0.4, 0.5) is 5.69 Å². The molecule has 0 aliphatic carbocycles. The maximum Gasteiger partial charge on any atom is 0.281 e. The molecule has 1 aliphatic rings. The molecule has 0 spiro atoms. The molecule has 10 heteroatoms. The molecule has 0 bridgehead atoms. The molecule has 0 radical (unpaired) electrons. The Morgan fingerprint density at radius 2 is 1.67 bits per heavy atom. The number of likely N-dealkylation sites (N-methyl/N-ethyl adjacent to an activating group) is 1. The maximum atomic E-state index is 13.3. The lowest BCUT2D eigenvalue weighted by Gasteiger charge is -2.16. The number of nitrogens with zero attached hydrogens (tertiary/aromatic N) is 2. The first-order valence-electron chi connectivity index (χ1n) is 10.8. The first-order chi connectivity index (χ1) is 17.2. The van der Waals surface area contributed by atoms with Gasteiger partial charge < -0.3 is 14.4 Å². The second-order valence-corrected chi connectivity index (χ2v) is 10.7. The summed E-state index contributed by atoms with van der Waals surface area (Å²) in [4.78, 5) is 16.5. The Morgan fingerprint density at radius 3 is 2.28 bits per heavy atom. The van der Waals surface area contributed by atoms with Gasteiger partial charge in [0.05, 0.1) is 21.2 Å². The zero-order valence-electron chi connectivity index (χ0n) is 19.2. The zero-order valence-corrected chi connectivity index (χ0v) is 24.7. The molecule has 3 aromatic carbocycles. The van der Waals surface area contributed by atoms with Crippen molar-refractivity contribution in [1.82, 2.24) is 4.90 Å². The quantitative estimate of drug-likeness (QED) is 0.188. The van der Waals surface area contributed by atoms with Crippen molar-refractivity contribution < 1.29 is 14.3 Å². The van der Waals surface area contributed by atoms with Gasteiger partial charge in [-0.1, -0.05) is 29.3 Å². The highest BCUT2D eigenvalue weighted by Gasteiger charge is 2.36. The second-order valence-electron chi connectivity index (χ2n) is 7.78. The Bertz CT molecular complexity index is 1340. The van der Waals surface area contributed by atoms with E-state index in [9.17, 15) is 4.79 Å². The standard InChI is InChI=1S/C26H20Br2Cl2N2O3S/c1-3-34-19-8-6-18(7-9-19)32-25(33)23(31(2)26(32)36)12-15-10-20(27)24(21(28)11-15)35-14-16-4-5-17(29)13-22(16)30/h4-13H,3,14H2,1-2H3/b23-12-. The van der Waals surface area contributed by atoms with Gasteiger partial charge in [-0.15, -0.1) is 0 Å². The summed E-state index contributed by atoms with van der Waals surface area (Å²) >= 11 is 25.0. The van der Waals surface area contributed by atoms with Crippen molar-refractivity contribution in [2.24, 2.45) is 0 Å².